The molecule has 1 aliphatic carbocycles. The van der Waals surface area contributed by atoms with E-state index in [1.54, 1.807) is 0 Å². The third-order valence-electron chi connectivity index (χ3n) is 7.70. The van der Waals surface area contributed by atoms with Gasteiger partial charge in [-0.15, -0.1) is 0 Å². The molecule has 3 nitrogen and oxygen atoms in total. The summed E-state index contributed by atoms with van der Waals surface area (Å²) in [6.07, 6.45) is 3.22. The van der Waals surface area contributed by atoms with Crippen LogP contribution in [0, 0.1) is 12.8 Å². The predicted octanol–water partition coefficient (Wildman–Crippen LogP) is 7.28. The average molecular weight is 464 g/mol. The van der Waals surface area contributed by atoms with Crippen LogP contribution < -0.4 is 5.32 Å². The number of aryl methyl sites for hydroxylation is 1. The Bertz CT molecular complexity index is 1350. The minimum atomic E-state index is -0.850. The van der Waals surface area contributed by atoms with Crippen LogP contribution in [0.15, 0.2) is 84.9 Å². The smallest absolute Gasteiger partial charge is 0.335 e. The third kappa shape index (κ3) is 4.87. The number of aromatic carboxylic acids is 1. The monoisotopic (exact) mass is 463 g/mol. The summed E-state index contributed by atoms with van der Waals surface area (Å²) in [5, 5.41) is 16.0. The molecule has 0 radical (unpaired) electrons. The zero-order chi connectivity index (χ0) is 24.4. The summed E-state index contributed by atoms with van der Waals surface area (Å²) < 4.78 is 0. The van der Waals surface area contributed by atoms with Crippen molar-refractivity contribution in [1.29, 1.82) is 0 Å². The fraction of sp³-hybridized carbons (Fsp3) is 0.281. The van der Waals surface area contributed by atoms with Gasteiger partial charge in [-0.3, -0.25) is 0 Å². The second-order valence-corrected chi connectivity index (χ2v) is 9.97. The Balaban J connectivity index is 1.31. The topological polar surface area (TPSA) is 49.3 Å². The number of benzene rings is 4. The highest BCUT2D eigenvalue weighted by Crippen LogP contribution is 2.41. The molecule has 0 heterocycles. The van der Waals surface area contributed by atoms with E-state index in [1.807, 2.05) is 19.1 Å². The van der Waals surface area contributed by atoms with E-state index in [9.17, 15) is 9.90 Å². The van der Waals surface area contributed by atoms with Crippen LogP contribution in [0.2, 0.25) is 0 Å². The van der Waals surface area contributed by atoms with Gasteiger partial charge in [-0.25, -0.2) is 4.79 Å². The molecule has 3 atom stereocenters. The summed E-state index contributed by atoms with van der Waals surface area (Å²) in [5.74, 6) is -0.0625. The van der Waals surface area contributed by atoms with Crippen LogP contribution in [0.1, 0.15) is 69.9 Å². The molecule has 1 aliphatic rings. The number of hydrogen-bond acceptors (Lipinski definition) is 2. The van der Waals surface area contributed by atoms with E-state index in [-0.39, 0.29) is 12.0 Å². The van der Waals surface area contributed by atoms with Crippen molar-refractivity contribution in [1.82, 2.24) is 5.32 Å². The maximum atomic E-state index is 11.8. The molecule has 0 spiro atoms. The van der Waals surface area contributed by atoms with Crippen molar-refractivity contribution < 1.29 is 9.90 Å². The molecule has 2 N–H and O–H groups in total. The molecule has 1 unspecified atom stereocenters. The first-order valence-corrected chi connectivity index (χ1v) is 12.6. The lowest BCUT2D eigenvalue weighted by Crippen LogP contribution is -2.26. The van der Waals surface area contributed by atoms with E-state index < -0.39 is 5.97 Å². The molecule has 4 aromatic rings. The first-order valence-electron chi connectivity index (χ1n) is 12.6. The van der Waals surface area contributed by atoms with Crippen LogP contribution in [0.4, 0.5) is 0 Å². The van der Waals surface area contributed by atoms with E-state index in [0.717, 1.165) is 36.9 Å². The second-order valence-electron chi connectivity index (χ2n) is 9.97. The maximum absolute atomic E-state index is 11.8. The van der Waals surface area contributed by atoms with Crippen LogP contribution >= 0.6 is 0 Å². The van der Waals surface area contributed by atoms with Crippen molar-refractivity contribution in [2.24, 2.45) is 5.92 Å². The van der Waals surface area contributed by atoms with Crippen molar-refractivity contribution >= 4 is 16.7 Å². The van der Waals surface area contributed by atoms with Crippen molar-refractivity contribution in [2.75, 3.05) is 6.54 Å². The van der Waals surface area contributed by atoms with Crippen LogP contribution in [0.25, 0.3) is 10.8 Å². The molecule has 3 heteroatoms. The number of carbonyl (C=O) groups is 1. The van der Waals surface area contributed by atoms with Gasteiger partial charge in [-0.2, -0.15) is 0 Å². The Labute approximate surface area is 207 Å². The van der Waals surface area contributed by atoms with Gasteiger partial charge < -0.3 is 10.4 Å². The van der Waals surface area contributed by atoms with Crippen LogP contribution in [0.3, 0.4) is 0 Å². The molecular formula is C32H33NO2. The van der Waals surface area contributed by atoms with E-state index in [1.165, 1.54) is 27.5 Å². The molecule has 5 rings (SSSR count). The largest absolute Gasteiger partial charge is 0.478 e. The molecule has 0 aliphatic heterocycles. The van der Waals surface area contributed by atoms with Crippen molar-refractivity contribution in [3.63, 3.8) is 0 Å². The van der Waals surface area contributed by atoms with Crippen LogP contribution in [-0.2, 0) is 6.42 Å². The SMILES string of the molecule is Cc1ccc(C2C[C@H](CCN[C@H](C)c3cccc4ccccc34)Cc3ccccc32)cc1C(=O)O. The Morgan fingerprint density at radius 2 is 1.77 bits per heavy atom. The van der Waals surface area contributed by atoms with Gasteiger partial charge in [0.25, 0.3) is 0 Å². The van der Waals surface area contributed by atoms with Gasteiger partial charge >= 0.3 is 5.97 Å². The first-order chi connectivity index (χ1) is 17.0. The van der Waals surface area contributed by atoms with Crippen LogP contribution in [-0.4, -0.2) is 17.6 Å². The quantitative estimate of drug-likeness (QED) is 0.303. The molecule has 4 aromatic carbocycles. The highest BCUT2D eigenvalue weighted by Gasteiger charge is 2.28. The second kappa shape index (κ2) is 10.1. The lowest BCUT2D eigenvalue weighted by atomic mass is 9.72. The number of fused-ring (bicyclic) bond motifs is 2. The number of nitrogens with one attached hydrogen (secondary N) is 1. The highest BCUT2D eigenvalue weighted by molar-refractivity contribution is 5.89. The molecule has 0 amide bonds. The first kappa shape index (κ1) is 23.3. The zero-order valence-electron chi connectivity index (χ0n) is 20.5. The Kier molecular flexibility index (Phi) is 6.70. The van der Waals surface area contributed by atoms with Gasteiger partial charge in [-0.1, -0.05) is 78.9 Å². The molecule has 35 heavy (non-hydrogen) atoms. The summed E-state index contributed by atoms with van der Waals surface area (Å²) in [6.45, 7) is 5.08. The minimum absolute atomic E-state index is 0.235. The maximum Gasteiger partial charge on any atom is 0.335 e. The fourth-order valence-electron chi connectivity index (χ4n) is 5.78. The predicted molar refractivity (Wildman–Crippen MR) is 143 cm³/mol. The molecule has 178 valence electrons. The standard InChI is InChI=1S/C32H33NO2/c1-21-14-15-26(20-30(21)32(34)35)31-19-23(18-25-9-4-6-12-29(25)31)16-17-33-22(2)27-13-7-10-24-8-3-5-11-28(24)27/h3-15,20,22-23,31,33H,16-19H2,1-2H3,(H,34,35)/t22-,23-,31?/m1/s1. The van der Waals surface area contributed by atoms with Crippen LogP contribution in [0.5, 0.6) is 0 Å². The van der Waals surface area contributed by atoms with Gasteiger partial charge in [0.2, 0.25) is 0 Å². The number of carboxylic acids is 1. The highest BCUT2D eigenvalue weighted by atomic mass is 16.4. The van der Waals surface area contributed by atoms with Gasteiger partial charge in [0, 0.05) is 12.0 Å². The minimum Gasteiger partial charge on any atom is -0.478 e. The summed E-state index contributed by atoms with van der Waals surface area (Å²) in [4.78, 5) is 11.8. The van der Waals surface area contributed by atoms with Gasteiger partial charge in [0.15, 0.2) is 0 Å². The normalized spacial score (nSPS) is 18.2. The molecular weight excluding hydrogens is 430 g/mol. The lowest BCUT2D eigenvalue weighted by Gasteiger charge is -2.32. The zero-order valence-corrected chi connectivity index (χ0v) is 20.5. The molecule has 0 saturated carbocycles. The van der Waals surface area contributed by atoms with Gasteiger partial charge in [0.05, 0.1) is 5.56 Å². The van der Waals surface area contributed by atoms with Crippen molar-refractivity contribution in [3.05, 3.63) is 118 Å². The summed E-state index contributed by atoms with van der Waals surface area (Å²) in [6, 6.07) is 30.1. The summed E-state index contributed by atoms with van der Waals surface area (Å²) in [7, 11) is 0. The fourth-order valence-corrected chi connectivity index (χ4v) is 5.78. The lowest BCUT2D eigenvalue weighted by molar-refractivity contribution is 0.0696. The van der Waals surface area contributed by atoms with Gasteiger partial charge in [0.1, 0.15) is 0 Å². The third-order valence-corrected chi connectivity index (χ3v) is 7.70. The molecule has 0 saturated heterocycles. The Morgan fingerprint density at radius 1 is 1.00 bits per heavy atom. The average Bonchev–Trinajstić information content (AvgIpc) is 2.88. The van der Waals surface area contributed by atoms with Crippen molar-refractivity contribution in [2.45, 2.75) is 45.1 Å². The Hall–Kier alpha value is -3.43. The number of carboxylic acid groups (broad SMARTS) is 1. The summed E-state index contributed by atoms with van der Waals surface area (Å²) >= 11 is 0. The van der Waals surface area contributed by atoms with E-state index in [0.29, 0.717) is 11.5 Å². The van der Waals surface area contributed by atoms with E-state index in [2.05, 4.69) is 85.0 Å². The summed E-state index contributed by atoms with van der Waals surface area (Å²) in [5.41, 5.74) is 6.42. The number of hydrogen-bond donors (Lipinski definition) is 2. The number of rotatable bonds is 7. The van der Waals surface area contributed by atoms with Crippen molar-refractivity contribution in [3.8, 4) is 0 Å². The molecule has 0 bridgehead atoms. The van der Waals surface area contributed by atoms with E-state index in [4.69, 9.17) is 0 Å². The van der Waals surface area contributed by atoms with E-state index >= 15 is 0 Å². The molecule has 0 fully saturated rings. The Morgan fingerprint density at radius 3 is 2.63 bits per heavy atom. The molecule has 0 aromatic heterocycles. The van der Waals surface area contributed by atoms with Gasteiger partial charge in [-0.05, 0) is 90.2 Å².